The minimum atomic E-state index is -0.964. The summed E-state index contributed by atoms with van der Waals surface area (Å²) >= 11 is 0. The fourth-order valence-corrected chi connectivity index (χ4v) is 1.93. The summed E-state index contributed by atoms with van der Waals surface area (Å²) in [5.41, 5.74) is 7.21. The maximum atomic E-state index is 11.6. The van der Waals surface area contributed by atoms with Gasteiger partial charge >= 0.3 is 5.97 Å². The Morgan fingerprint density at radius 2 is 1.96 bits per heavy atom. The summed E-state index contributed by atoms with van der Waals surface area (Å²) in [5, 5.41) is 2.41. The first-order chi connectivity index (χ1) is 11.0. The molecule has 2 aromatic rings. The molecule has 8 nitrogen and oxygen atoms in total. The number of amides is 2. The highest BCUT2D eigenvalue weighted by Gasteiger charge is 2.20. The molecule has 2 amide bonds. The van der Waals surface area contributed by atoms with Gasteiger partial charge in [0.2, 0.25) is 5.91 Å². The number of nitrogens with zero attached hydrogens (tertiary/aromatic N) is 2. The quantitative estimate of drug-likeness (QED) is 0.705. The van der Waals surface area contributed by atoms with Gasteiger partial charge in [-0.05, 0) is 12.1 Å². The minimum absolute atomic E-state index is 0.0962. The first-order valence-electron chi connectivity index (χ1n) is 6.88. The third kappa shape index (κ3) is 4.73. The van der Waals surface area contributed by atoms with E-state index in [9.17, 15) is 14.4 Å². The molecule has 1 aromatic heterocycles. The molecule has 0 aliphatic carbocycles. The van der Waals surface area contributed by atoms with E-state index in [0.29, 0.717) is 11.2 Å². The van der Waals surface area contributed by atoms with Gasteiger partial charge in [-0.15, -0.1) is 0 Å². The third-order valence-electron chi connectivity index (χ3n) is 3.00. The van der Waals surface area contributed by atoms with Crippen molar-refractivity contribution in [2.75, 3.05) is 6.61 Å². The SMILES string of the molecule is CC(=O)OCC(=O)N[C@H](Cc1cnc2ccccc2n1)C(N)=O. The number of fused-ring (bicyclic) bond motifs is 1. The number of hydrogen-bond donors (Lipinski definition) is 2. The van der Waals surface area contributed by atoms with Crippen LogP contribution in [0.25, 0.3) is 11.0 Å². The highest BCUT2D eigenvalue weighted by molar-refractivity contribution is 5.88. The lowest BCUT2D eigenvalue weighted by atomic mass is 10.1. The average Bonchev–Trinajstić information content (AvgIpc) is 2.52. The molecular weight excluding hydrogens is 300 g/mol. The van der Waals surface area contributed by atoms with E-state index in [1.807, 2.05) is 18.2 Å². The average molecular weight is 316 g/mol. The molecule has 0 unspecified atom stereocenters. The number of primary amides is 1. The van der Waals surface area contributed by atoms with E-state index in [0.717, 1.165) is 5.52 Å². The van der Waals surface area contributed by atoms with Crippen molar-refractivity contribution in [3.05, 3.63) is 36.2 Å². The van der Waals surface area contributed by atoms with Gasteiger partial charge in [0.15, 0.2) is 6.61 Å². The zero-order valence-electron chi connectivity index (χ0n) is 12.5. The van der Waals surface area contributed by atoms with Crippen molar-refractivity contribution < 1.29 is 19.1 Å². The van der Waals surface area contributed by atoms with Crippen molar-refractivity contribution in [1.29, 1.82) is 0 Å². The van der Waals surface area contributed by atoms with Crippen LogP contribution in [0.4, 0.5) is 0 Å². The molecule has 1 heterocycles. The maximum absolute atomic E-state index is 11.6. The second kappa shape index (κ2) is 7.30. The fourth-order valence-electron chi connectivity index (χ4n) is 1.93. The molecule has 2 rings (SSSR count). The molecule has 1 aromatic carbocycles. The number of ether oxygens (including phenoxy) is 1. The molecule has 0 bridgehead atoms. The van der Waals surface area contributed by atoms with Crippen LogP contribution in [-0.2, 0) is 25.5 Å². The summed E-state index contributed by atoms with van der Waals surface area (Å²) < 4.78 is 4.56. The van der Waals surface area contributed by atoms with Crippen molar-refractivity contribution in [2.45, 2.75) is 19.4 Å². The molecule has 8 heteroatoms. The zero-order valence-corrected chi connectivity index (χ0v) is 12.5. The molecule has 0 spiro atoms. The Bertz CT molecular complexity index is 747. The van der Waals surface area contributed by atoms with E-state index >= 15 is 0 Å². The number of nitrogens with one attached hydrogen (secondary N) is 1. The van der Waals surface area contributed by atoms with Crippen molar-refractivity contribution in [1.82, 2.24) is 15.3 Å². The van der Waals surface area contributed by atoms with Gasteiger partial charge in [-0.3, -0.25) is 19.4 Å². The molecule has 0 aliphatic rings. The predicted molar refractivity (Wildman–Crippen MR) is 81.0 cm³/mol. The van der Waals surface area contributed by atoms with E-state index in [4.69, 9.17) is 5.73 Å². The van der Waals surface area contributed by atoms with Gasteiger partial charge in [0, 0.05) is 19.5 Å². The second-order valence-corrected chi connectivity index (χ2v) is 4.86. The van der Waals surface area contributed by atoms with Crippen LogP contribution in [0.3, 0.4) is 0 Å². The van der Waals surface area contributed by atoms with Crippen LogP contribution < -0.4 is 11.1 Å². The van der Waals surface area contributed by atoms with E-state index in [-0.39, 0.29) is 6.42 Å². The summed E-state index contributed by atoms with van der Waals surface area (Å²) in [7, 11) is 0. The predicted octanol–water partition coefficient (Wildman–Crippen LogP) is -0.295. The van der Waals surface area contributed by atoms with Crippen LogP contribution >= 0.6 is 0 Å². The number of carbonyl (C=O) groups is 3. The van der Waals surface area contributed by atoms with E-state index in [1.54, 1.807) is 6.07 Å². The Morgan fingerprint density at radius 3 is 2.61 bits per heavy atom. The molecule has 0 aliphatic heterocycles. The first-order valence-corrected chi connectivity index (χ1v) is 6.88. The molecule has 3 N–H and O–H groups in total. The lowest BCUT2D eigenvalue weighted by molar-refractivity contribution is -0.146. The number of rotatable bonds is 6. The maximum Gasteiger partial charge on any atom is 0.303 e. The van der Waals surface area contributed by atoms with Crippen LogP contribution in [0.1, 0.15) is 12.6 Å². The molecule has 23 heavy (non-hydrogen) atoms. The smallest absolute Gasteiger partial charge is 0.303 e. The third-order valence-corrected chi connectivity index (χ3v) is 3.00. The Hall–Kier alpha value is -3.03. The number of esters is 1. The molecule has 0 fully saturated rings. The summed E-state index contributed by atoms with van der Waals surface area (Å²) in [6.45, 7) is 0.714. The number of hydrogen-bond acceptors (Lipinski definition) is 6. The largest absolute Gasteiger partial charge is 0.456 e. The molecule has 1 atom stereocenters. The molecule has 0 radical (unpaired) electrons. The van der Waals surface area contributed by atoms with Crippen molar-refractivity contribution in [3.63, 3.8) is 0 Å². The summed E-state index contributed by atoms with van der Waals surface area (Å²) in [5.74, 6) is -1.91. The highest BCUT2D eigenvalue weighted by atomic mass is 16.5. The van der Waals surface area contributed by atoms with Gasteiger partial charge in [-0.1, -0.05) is 12.1 Å². The van der Waals surface area contributed by atoms with E-state index < -0.39 is 30.4 Å². The molecule has 0 saturated carbocycles. The highest BCUT2D eigenvalue weighted by Crippen LogP contribution is 2.09. The van der Waals surface area contributed by atoms with Crippen LogP contribution in [-0.4, -0.2) is 40.4 Å². The number of benzene rings is 1. The lowest BCUT2D eigenvalue weighted by Gasteiger charge is -2.15. The topological polar surface area (TPSA) is 124 Å². The molecule has 0 saturated heterocycles. The second-order valence-electron chi connectivity index (χ2n) is 4.86. The summed E-state index contributed by atoms with van der Waals surface area (Å²) in [6.07, 6.45) is 1.62. The molecular formula is C15H16N4O4. The fraction of sp³-hybridized carbons (Fsp3) is 0.267. The van der Waals surface area contributed by atoms with Gasteiger partial charge in [-0.2, -0.15) is 0 Å². The molecule has 120 valence electrons. The van der Waals surface area contributed by atoms with Crippen LogP contribution in [0, 0.1) is 0 Å². The van der Waals surface area contributed by atoms with Gasteiger partial charge in [-0.25, -0.2) is 4.98 Å². The van der Waals surface area contributed by atoms with Gasteiger partial charge in [0.1, 0.15) is 6.04 Å². The minimum Gasteiger partial charge on any atom is -0.456 e. The van der Waals surface area contributed by atoms with Crippen LogP contribution in [0.5, 0.6) is 0 Å². The van der Waals surface area contributed by atoms with E-state index in [2.05, 4.69) is 20.0 Å². The van der Waals surface area contributed by atoms with Gasteiger partial charge in [0.05, 0.1) is 16.7 Å². The number of para-hydroxylation sites is 2. The number of carbonyl (C=O) groups excluding carboxylic acids is 3. The Kier molecular flexibility index (Phi) is 5.19. The van der Waals surface area contributed by atoms with Crippen LogP contribution in [0.2, 0.25) is 0 Å². The first kappa shape index (κ1) is 16.3. The van der Waals surface area contributed by atoms with Crippen molar-refractivity contribution >= 4 is 28.8 Å². The van der Waals surface area contributed by atoms with Gasteiger partial charge < -0.3 is 15.8 Å². The van der Waals surface area contributed by atoms with Gasteiger partial charge in [0.25, 0.3) is 5.91 Å². The Morgan fingerprint density at radius 1 is 1.26 bits per heavy atom. The monoisotopic (exact) mass is 316 g/mol. The van der Waals surface area contributed by atoms with E-state index in [1.165, 1.54) is 13.1 Å². The standard InChI is InChI=1S/C15H16N4O4/c1-9(20)23-8-14(21)19-13(15(16)22)6-10-7-17-11-4-2-3-5-12(11)18-10/h2-5,7,13H,6,8H2,1H3,(H2,16,22)(H,19,21)/t13-/m1/s1. The zero-order chi connectivity index (χ0) is 16.8. The normalized spacial score (nSPS) is 11.7. The Labute approximate surface area is 132 Å². The Balaban J connectivity index is 2.07. The number of nitrogens with two attached hydrogens (primary N) is 1. The summed E-state index contributed by atoms with van der Waals surface area (Å²) in [4.78, 5) is 42.4. The van der Waals surface area contributed by atoms with Crippen molar-refractivity contribution in [3.8, 4) is 0 Å². The van der Waals surface area contributed by atoms with Crippen LogP contribution in [0.15, 0.2) is 30.5 Å². The summed E-state index contributed by atoms with van der Waals surface area (Å²) in [6, 6.07) is 6.32. The van der Waals surface area contributed by atoms with Crippen molar-refractivity contribution in [2.24, 2.45) is 5.73 Å². The lowest BCUT2D eigenvalue weighted by Crippen LogP contribution is -2.47. The number of aromatic nitrogens is 2.